The Balaban J connectivity index is 2.14. The van der Waals surface area contributed by atoms with Crippen LogP contribution >= 0.6 is 0 Å². The van der Waals surface area contributed by atoms with E-state index in [0.29, 0.717) is 6.42 Å². The first-order chi connectivity index (χ1) is 40.8. The highest BCUT2D eigenvalue weighted by Crippen LogP contribution is 2.23. The third-order valence-corrected chi connectivity index (χ3v) is 16.8. The highest BCUT2D eigenvalue weighted by atomic mass is 16.7. The molecule has 7 atom stereocenters. The second-order valence-corrected chi connectivity index (χ2v) is 24.6. The topological polar surface area (TPSA) is 149 Å². The molecule has 1 rings (SSSR count). The van der Waals surface area contributed by atoms with Crippen LogP contribution < -0.4 is 5.32 Å². The van der Waals surface area contributed by atoms with Crippen molar-refractivity contribution in [3.8, 4) is 0 Å². The molecule has 1 fully saturated rings. The molecule has 0 saturated carbocycles. The number of aliphatic hydroxyl groups is 5. The number of amides is 1. The van der Waals surface area contributed by atoms with Crippen LogP contribution in [0.5, 0.6) is 0 Å². The number of aliphatic hydroxyl groups excluding tert-OH is 5. The molecule has 9 nitrogen and oxygen atoms in total. The van der Waals surface area contributed by atoms with E-state index in [9.17, 15) is 30.3 Å². The molecule has 1 aliphatic heterocycles. The van der Waals surface area contributed by atoms with Gasteiger partial charge in [-0.15, -0.1) is 0 Å². The van der Waals surface area contributed by atoms with Crippen molar-refractivity contribution in [1.82, 2.24) is 5.32 Å². The second kappa shape index (κ2) is 62.7. The summed E-state index contributed by atoms with van der Waals surface area (Å²) in [4.78, 5) is 13.1. The Kier molecular flexibility index (Phi) is 59.4. The molecule has 0 aromatic rings. The van der Waals surface area contributed by atoms with Crippen LogP contribution in [0.15, 0.2) is 72.9 Å². The molecule has 0 aromatic heterocycles. The van der Waals surface area contributed by atoms with Crippen LogP contribution in [-0.2, 0) is 14.3 Å². The van der Waals surface area contributed by atoms with Crippen molar-refractivity contribution < 1.29 is 39.8 Å². The van der Waals surface area contributed by atoms with Gasteiger partial charge in [0.05, 0.1) is 25.4 Å². The summed E-state index contributed by atoms with van der Waals surface area (Å²) in [7, 11) is 0. The lowest BCUT2D eigenvalue weighted by atomic mass is 9.99. The van der Waals surface area contributed by atoms with Gasteiger partial charge in [-0.1, -0.05) is 331 Å². The van der Waals surface area contributed by atoms with Gasteiger partial charge in [0.1, 0.15) is 24.4 Å². The normalized spacial score (nSPS) is 18.7. The molecule has 0 spiro atoms. The SMILES string of the molecule is CC/C=C\C/C=C\C/C=C\C/C=C\CCCCCCCCCCCCCCCCC(=O)NC(COC1OC(CO)C(O)C(O)C1O)C(O)/C=C/CC/C=C/CCCCCCCCCCCCCCCCCCCCCCCCCCCCC. The van der Waals surface area contributed by atoms with Gasteiger partial charge in [-0.05, 0) is 70.6 Å². The fraction of sp³-hybridized carbons (Fsp3) is 0.824. The van der Waals surface area contributed by atoms with E-state index in [1.165, 1.54) is 250 Å². The van der Waals surface area contributed by atoms with Crippen molar-refractivity contribution in [3.05, 3.63) is 72.9 Å². The summed E-state index contributed by atoms with van der Waals surface area (Å²) in [5.74, 6) is -0.185. The zero-order valence-electron chi connectivity index (χ0n) is 54.2. The van der Waals surface area contributed by atoms with Crippen LogP contribution in [0.3, 0.4) is 0 Å². The maximum Gasteiger partial charge on any atom is 0.220 e. The number of carbonyl (C=O) groups is 1. The molecular weight excluding hydrogens is 1030 g/mol. The lowest BCUT2D eigenvalue weighted by Gasteiger charge is -2.40. The summed E-state index contributed by atoms with van der Waals surface area (Å²) in [5.41, 5.74) is 0. The largest absolute Gasteiger partial charge is 0.394 e. The van der Waals surface area contributed by atoms with E-state index in [-0.39, 0.29) is 12.5 Å². The average molecular weight is 1170 g/mol. The summed E-state index contributed by atoms with van der Waals surface area (Å²) in [6.07, 6.45) is 81.6. The first kappa shape index (κ1) is 78.6. The molecule has 0 aliphatic carbocycles. The Morgan fingerprint density at radius 2 is 0.759 bits per heavy atom. The second-order valence-electron chi connectivity index (χ2n) is 24.6. The Morgan fingerprint density at radius 1 is 0.422 bits per heavy atom. The minimum Gasteiger partial charge on any atom is -0.394 e. The number of hydrogen-bond donors (Lipinski definition) is 6. The molecule has 1 amide bonds. The maximum atomic E-state index is 13.1. The molecular formula is C74H135NO8. The summed E-state index contributed by atoms with van der Waals surface area (Å²) in [6.45, 7) is 3.69. The monoisotopic (exact) mass is 1170 g/mol. The minimum atomic E-state index is -1.58. The minimum absolute atomic E-state index is 0.185. The fourth-order valence-electron chi connectivity index (χ4n) is 11.2. The first-order valence-corrected chi connectivity index (χ1v) is 35.7. The summed E-state index contributed by atoms with van der Waals surface area (Å²) < 4.78 is 11.3. The zero-order valence-corrected chi connectivity index (χ0v) is 54.2. The van der Waals surface area contributed by atoms with E-state index in [0.717, 1.165) is 64.2 Å². The fourth-order valence-corrected chi connectivity index (χ4v) is 11.2. The molecule has 6 N–H and O–H groups in total. The molecule has 1 saturated heterocycles. The van der Waals surface area contributed by atoms with E-state index in [4.69, 9.17) is 9.47 Å². The van der Waals surface area contributed by atoms with E-state index >= 15 is 0 Å². The Bertz CT molecular complexity index is 1540. The van der Waals surface area contributed by atoms with Gasteiger partial charge in [-0.25, -0.2) is 0 Å². The van der Waals surface area contributed by atoms with Crippen molar-refractivity contribution in [3.63, 3.8) is 0 Å². The van der Waals surface area contributed by atoms with Crippen molar-refractivity contribution in [2.75, 3.05) is 13.2 Å². The Labute approximate surface area is 512 Å². The zero-order chi connectivity index (χ0) is 60.0. The van der Waals surface area contributed by atoms with Crippen LogP contribution in [-0.4, -0.2) is 87.5 Å². The van der Waals surface area contributed by atoms with Gasteiger partial charge in [0, 0.05) is 6.42 Å². The smallest absolute Gasteiger partial charge is 0.220 e. The van der Waals surface area contributed by atoms with Crippen LogP contribution in [0.2, 0.25) is 0 Å². The number of hydrogen-bond acceptors (Lipinski definition) is 8. The first-order valence-electron chi connectivity index (χ1n) is 35.7. The van der Waals surface area contributed by atoms with Gasteiger partial charge in [-0.3, -0.25) is 4.79 Å². The van der Waals surface area contributed by atoms with E-state index in [1.807, 2.05) is 6.08 Å². The van der Waals surface area contributed by atoms with E-state index in [2.05, 4.69) is 79.9 Å². The van der Waals surface area contributed by atoms with Gasteiger partial charge in [0.15, 0.2) is 6.29 Å². The number of carbonyl (C=O) groups excluding carboxylic acids is 1. The van der Waals surface area contributed by atoms with E-state index in [1.54, 1.807) is 6.08 Å². The van der Waals surface area contributed by atoms with Crippen LogP contribution in [0, 0.1) is 0 Å². The maximum absolute atomic E-state index is 13.1. The van der Waals surface area contributed by atoms with Gasteiger partial charge in [0.2, 0.25) is 5.91 Å². The van der Waals surface area contributed by atoms with Gasteiger partial charge < -0.3 is 40.3 Å². The molecule has 1 heterocycles. The highest BCUT2D eigenvalue weighted by Gasteiger charge is 2.44. The van der Waals surface area contributed by atoms with Crippen molar-refractivity contribution in [1.29, 1.82) is 0 Å². The van der Waals surface area contributed by atoms with Crippen molar-refractivity contribution in [2.24, 2.45) is 0 Å². The van der Waals surface area contributed by atoms with Crippen molar-refractivity contribution in [2.45, 2.75) is 378 Å². The predicted molar refractivity (Wildman–Crippen MR) is 355 cm³/mol. The van der Waals surface area contributed by atoms with E-state index < -0.39 is 49.5 Å². The molecule has 0 bridgehead atoms. The van der Waals surface area contributed by atoms with Gasteiger partial charge >= 0.3 is 0 Å². The number of rotatable bonds is 62. The molecule has 484 valence electrons. The standard InChI is InChI=1S/C74H135NO8/c1-3-5-7-9-11-13-15-17-19-21-23-25-27-29-31-32-33-34-35-36-38-39-41-43-45-47-49-51-53-55-57-59-61-63-68(77)67(66-82-74-73(81)72(80)71(79)69(65-76)83-74)75-70(78)64-62-60-58-56-54-52-50-48-46-44-42-40-37-30-28-26-24-22-20-18-16-14-12-10-8-6-4-2/h6,8,12,14,18,20,24,26,53,55,61,63,67-69,71-74,76-77,79-81H,3-5,7,9-11,13,15-17,19,21-23,25,27-52,54,56-60,62,64-66H2,1-2H3,(H,75,78)/b8-6-,14-12-,20-18-,26-24-,55-53+,63-61+. The van der Waals surface area contributed by atoms with Gasteiger partial charge in [-0.2, -0.15) is 0 Å². The van der Waals surface area contributed by atoms with Crippen LogP contribution in [0.25, 0.3) is 0 Å². The third kappa shape index (κ3) is 51.4. The Hall–Kier alpha value is -2.37. The highest BCUT2D eigenvalue weighted by molar-refractivity contribution is 5.76. The average Bonchev–Trinajstić information content (AvgIpc) is 3.60. The number of ether oxygens (including phenoxy) is 2. The molecule has 83 heavy (non-hydrogen) atoms. The van der Waals surface area contributed by atoms with Gasteiger partial charge in [0.25, 0.3) is 0 Å². The van der Waals surface area contributed by atoms with Crippen molar-refractivity contribution >= 4 is 5.91 Å². The summed E-state index contributed by atoms with van der Waals surface area (Å²) in [6, 6.07) is -0.827. The summed E-state index contributed by atoms with van der Waals surface area (Å²) in [5, 5.41) is 54.8. The molecule has 7 unspecified atom stereocenters. The molecule has 9 heteroatoms. The molecule has 1 aliphatic rings. The molecule has 0 aromatic carbocycles. The molecule has 0 radical (unpaired) electrons. The van der Waals surface area contributed by atoms with Crippen LogP contribution in [0.1, 0.15) is 335 Å². The predicted octanol–water partition coefficient (Wildman–Crippen LogP) is 19.5. The summed E-state index contributed by atoms with van der Waals surface area (Å²) >= 11 is 0. The number of nitrogens with one attached hydrogen (secondary N) is 1. The third-order valence-electron chi connectivity index (χ3n) is 16.8. The van der Waals surface area contributed by atoms with Crippen LogP contribution in [0.4, 0.5) is 0 Å². The quantitative estimate of drug-likeness (QED) is 0.0261. The number of allylic oxidation sites excluding steroid dienone is 11. The number of unbranched alkanes of at least 4 members (excludes halogenated alkanes) is 42. The lowest BCUT2D eigenvalue weighted by Crippen LogP contribution is -2.60. The Morgan fingerprint density at radius 3 is 1.16 bits per heavy atom. The lowest BCUT2D eigenvalue weighted by molar-refractivity contribution is -0.302.